The number of aromatic nitrogens is 1. The van der Waals surface area contributed by atoms with E-state index in [-0.39, 0.29) is 5.82 Å². The number of nitrogens with zero attached hydrogens (tertiary/aromatic N) is 1. The summed E-state index contributed by atoms with van der Waals surface area (Å²) in [5.41, 5.74) is 5.77. The molecule has 1 heterocycles. The van der Waals surface area contributed by atoms with E-state index in [0.717, 1.165) is 21.2 Å². The van der Waals surface area contributed by atoms with E-state index in [9.17, 15) is 4.39 Å². The van der Waals surface area contributed by atoms with Gasteiger partial charge in [-0.15, -0.1) is 0 Å². The molecule has 0 aliphatic heterocycles. The van der Waals surface area contributed by atoms with E-state index in [1.807, 2.05) is 26.0 Å². The molecule has 0 bridgehead atoms. The number of hydrogen-bond donors (Lipinski definition) is 2. The van der Waals surface area contributed by atoms with Crippen LogP contribution in [0.4, 0.5) is 4.39 Å². The van der Waals surface area contributed by atoms with Gasteiger partial charge in [-0.05, 0) is 58.6 Å². The third-order valence-corrected chi connectivity index (χ3v) is 3.43. The molecule has 1 aromatic carbocycles. The monoisotopic (exact) mass is 323 g/mol. The van der Waals surface area contributed by atoms with Gasteiger partial charge < -0.3 is 0 Å². The molecule has 1 aromatic heterocycles. The molecule has 100 valence electrons. The Bertz CT molecular complexity index is 578. The Morgan fingerprint density at radius 3 is 2.58 bits per heavy atom. The maximum Gasteiger partial charge on any atom is 0.128 e. The third kappa shape index (κ3) is 3.00. The van der Waals surface area contributed by atoms with Crippen LogP contribution in [0.25, 0.3) is 0 Å². The normalized spacial score (nSPS) is 12.5. The lowest BCUT2D eigenvalue weighted by Gasteiger charge is -2.20. The Labute approximate surface area is 120 Å². The van der Waals surface area contributed by atoms with Gasteiger partial charge in [0.05, 0.1) is 6.04 Å². The minimum absolute atomic E-state index is 0.263. The van der Waals surface area contributed by atoms with Crippen molar-refractivity contribution in [2.45, 2.75) is 19.9 Å². The predicted molar refractivity (Wildman–Crippen MR) is 77.0 cm³/mol. The molecule has 0 saturated carbocycles. The van der Waals surface area contributed by atoms with Crippen molar-refractivity contribution in [2.24, 2.45) is 5.84 Å². The number of halogens is 2. The van der Waals surface area contributed by atoms with Crippen molar-refractivity contribution in [1.82, 2.24) is 10.4 Å². The Kier molecular flexibility index (Phi) is 4.29. The Morgan fingerprint density at radius 2 is 2.00 bits per heavy atom. The van der Waals surface area contributed by atoms with Crippen molar-refractivity contribution >= 4 is 15.9 Å². The molecule has 3 N–H and O–H groups in total. The van der Waals surface area contributed by atoms with Gasteiger partial charge in [-0.1, -0.05) is 6.07 Å². The molecular weight excluding hydrogens is 309 g/mol. The lowest BCUT2D eigenvalue weighted by molar-refractivity contribution is 0.555. The van der Waals surface area contributed by atoms with Crippen molar-refractivity contribution < 1.29 is 4.39 Å². The number of nitrogens with one attached hydrogen (secondary N) is 1. The topological polar surface area (TPSA) is 50.9 Å². The van der Waals surface area contributed by atoms with Gasteiger partial charge in [-0.3, -0.25) is 10.8 Å². The first-order chi connectivity index (χ1) is 9.02. The molecule has 1 unspecified atom stereocenters. The van der Waals surface area contributed by atoms with Crippen LogP contribution in [0.2, 0.25) is 0 Å². The summed E-state index contributed by atoms with van der Waals surface area (Å²) in [6, 6.07) is 4.90. The second-order valence-corrected chi connectivity index (χ2v) is 5.43. The van der Waals surface area contributed by atoms with E-state index in [1.165, 1.54) is 6.07 Å². The SMILES string of the molecule is Cc1cc(C)c(C(NN)c2cncc(Br)c2)c(F)c1. The van der Waals surface area contributed by atoms with E-state index < -0.39 is 6.04 Å². The van der Waals surface area contributed by atoms with Gasteiger partial charge in [-0.25, -0.2) is 9.82 Å². The van der Waals surface area contributed by atoms with Gasteiger partial charge in [0.2, 0.25) is 0 Å². The van der Waals surface area contributed by atoms with Crippen LogP contribution in [0.3, 0.4) is 0 Å². The average molecular weight is 324 g/mol. The number of hydrazine groups is 1. The number of benzene rings is 1. The minimum atomic E-state index is -0.425. The summed E-state index contributed by atoms with van der Waals surface area (Å²) in [6.07, 6.45) is 3.35. The van der Waals surface area contributed by atoms with Crippen LogP contribution in [0.1, 0.15) is 28.3 Å². The fraction of sp³-hybridized carbons (Fsp3) is 0.214. The fourth-order valence-electron chi connectivity index (χ4n) is 2.22. The zero-order chi connectivity index (χ0) is 14.0. The molecule has 1 atom stereocenters. The predicted octanol–water partition coefficient (Wildman–Crippen LogP) is 3.15. The highest BCUT2D eigenvalue weighted by Gasteiger charge is 2.19. The summed E-state index contributed by atoms with van der Waals surface area (Å²) < 4.78 is 15.0. The second-order valence-electron chi connectivity index (χ2n) is 4.51. The van der Waals surface area contributed by atoms with E-state index >= 15 is 0 Å². The minimum Gasteiger partial charge on any atom is -0.271 e. The zero-order valence-electron chi connectivity index (χ0n) is 10.7. The first kappa shape index (κ1) is 14.1. The first-order valence-electron chi connectivity index (χ1n) is 5.86. The van der Waals surface area contributed by atoms with Crippen molar-refractivity contribution in [1.29, 1.82) is 0 Å². The number of aryl methyl sites for hydroxylation is 2. The summed E-state index contributed by atoms with van der Waals surface area (Å²) in [7, 11) is 0. The number of rotatable bonds is 3. The van der Waals surface area contributed by atoms with Crippen LogP contribution in [0.15, 0.2) is 35.1 Å². The standard InChI is InChI=1S/C14H15BrFN3/c1-8-3-9(2)13(12(16)4-8)14(19-17)10-5-11(15)7-18-6-10/h3-7,14,19H,17H2,1-2H3. The molecule has 0 saturated heterocycles. The van der Waals surface area contributed by atoms with E-state index in [2.05, 4.69) is 26.3 Å². The summed E-state index contributed by atoms with van der Waals surface area (Å²) in [5, 5.41) is 0. The summed E-state index contributed by atoms with van der Waals surface area (Å²) in [4.78, 5) is 4.09. The van der Waals surface area contributed by atoms with E-state index in [1.54, 1.807) is 12.4 Å². The molecule has 3 nitrogen and oxygen atoms in total. The molecule has 0 aliphatic rings. The Balaban J connectivity index is 2.54. The lowest BCUT2D eigenvalue weighted by atomic mass is 9.94. The molecule has 0 fully saturated rings. The van der Waals surface area contributed by atoms with Crippen molar-refractivity contribution in [2.75, 3.05) is 0 Å². The maximum absolute atomic E-state index is 14.2. The Hall–Kier alpha value is -1.30. The number of pyridine rings is 1. The molecule has 0 aliphatic carbocycles. The Morgan fingerprint density at radius 1 is 1.26 bits per heavy atom. The molecule has 19 heavy (non-hydrogen) atoms. The lowest BCUT2D eigenvalue weighted by Crippen LogP contribution is -2.30. The van der Waals surface area contributed by atoms with Crippen LogP contribution in [-0.4, -0.2) is 4.98 Å². The van der Waals surface area contributed by atoms with Gasteiger partial charge >= 0.3 is 0 Å². The van der Waals surface area contributed by atoms with Crippen LogP contribution in [0.5, 0.6) is 0 Å². The van der Waals surface area contributed by atoms with Crippen LogP contribution >= 0.6 is 15.9 Å². The molecule has 2 rings (SSSR count). The van der Waals surface area contributed by atoms with Crippen molar-refractivity contribution in [3.8, 4) is 0 Å². The van der Waals surface area contributed by atoms with Crippen LogP contribution in [0, 0.1) is 19.7 Å². The molecule has 2 aromatic rings. The van der Waals surface area contributed by atoms with E-state index in [0.29, 0.717) is 5.56 Å². The second kappa shape index (κ2) is 5.77. The molecule has 0 radical (unpaired) electrons. The largest absolute Gasteiger partial charge is 0.271 e. The first-order valence-corrected chi connectivity index (χ1v) is 6.65. The van der Waals surface area contributed by atoms with Gasteiger partial charge in [0.1, 0.15) is 5.82 Å². The van der Waals surface area contributed by atoms with Gasteiger partial charge in [0.15, 0.2) is 0 Å². The van der Waals surface area contributed by atoms with Gasteiger partial charge in [0, 0.05) is 22.4 Å². The number of hydrogen-bond acceptors (Lipinski definition) is 3. The molecule has 5 heteroatoms. The van der Waals surface area contributed by atoms with Crippen LogP contribution in [-0.2, 0) is 0 Å². The number of nitrogens with two attached hydrogens (primary N) is 1. The molecular formula is C14H15BrFN3. The zero-order valence-corrected chi connectivity index (χ0v) is 12.3. The highest BCUT2D eigenvalue weighted by atomic mass is 79.9. The van der Waals surface area contributed by atoms with Crippen molar-refractivity contribution in [3.63, 3.8) is 0 Å². The summed E-state index contributed by atoms with van der Waals surface area (Å²) in [5.74, 6) is 5.34. The van der Waals surface area contributed by atoms with Crippen molar-refractivity contribution in [3.05, 3.63) is 63.1 Å². The quantitative estimate of drug-likeness (QED) is 0.674. The molecule has 0 spiro atoms. The van der Waals surface area contributed by atoms with Crippen LogP contribution < -0.4 is 11.3 Å². The summed E-state index contributed by atoms with van der Waals surface area (Å²) >= 11 is 3.36. The van der Waals surface area contributed by atoms with E-state index in [4.69, 9.17) is 5.84 Å². The fourth-order valence-corrected chi connectivity index (χ4v) is 2.61. The third-order valence-electron chi connectivity index (χ3n) is 3.00. The highest BCUT2D eigenvalue weighted by molar-refractivity contribution is 9.10. The smallest absolute Gasteiger partial charge is 0.128 e. The molecule has 0 amide bonds. The maximum atomic E-state index is 14.2. The average Bonchev–Trinajstić information content (AvgIpc) is 2.33. The van der Waals surface area contributed by atoms with Gasteiger partial charge in [-0.2, -0.15) is 0 Å². The van der Waals surface area contributed by atoms with Gasteiger partial charge in [0.25, 0.3) is 0 Å². The summed E-state index contributed by atoms with van der Waals surface area (Å²) in [6.45, 7) is 3.74. The highest BCUT2D eigenvalue weighted by Crippen LogP contribution is 2.28.